The highest BCUT2D eigenvalue weighted by atomic mass is 19.3. The molecule has 2 aliphatic carbocycles. The van der Waals surface area contributed by atoms with Gasteiger partial charge in [-0.2, -0.15) is 5.10 Å². The summed E-state index contributed by atoms with van der Waals surface area (Å²) in [4.78, 5) is 33.1. The van der Waals surface area contributed by atoms with Gasteiger partial charge in [0.2, 0.25) is 0 Å². The van der Waals surface area contributed by atoms with Gasteiger partial charge in [0, 0.05) is 77.8 Å². The van der Waals surface area contributed by atoms with Crippen LogP contribution in [0.2, 0.25) is 0 Å². The normalized spacial score (nSPS) is 28.0. The van der Waals surface area contributed by atoms with Gasteiger partial charge in [0.05, 0.1) is 5.69 Å². The van der Waals surface area contributed by atoms with Crippen molar-refractivity contribution in [3.8, 4) is 11.4 Å². The Balaban J connectivity index is 1.14. The number of carbonyl (C=O) groups is 2. The minimum Gasteiger partial charge on any atom is -0.444 e. The summed E-state index contributed by atoms with van der Waals surface area (Å²) in [6.07, 6.45) is 2.78. The van der Waals surface area contributed by atoms with Gasteiger partial charge in [0.25, 0.3) is 11.8 Å². The number of H-pyrrole nitrogens is 1. The van der Waals surface area contributed by atoms with Crippen LogP contribution in [0.3, 0.4) is 0 Å². The highest BCUT2D eigenvalue weighted by Crippen LogP contribution is 2.70. The molecule has 4 aliphatic rings. The van der Waals surface area contributed by atoms with Gasteiger partial charge in [-0.15, -0.1) is 0 Å². The second-order valence-electron chi connectivity index (χ2n) is 14.3. The average molecular weight is 610 g/mol. The molecular weight excluding hydrogens is 568 g/mol. The van der Waals surface area contributed by atoms with Gasteiger partial charge < -0.3 is 24.3 Å². The molecule has 4 atom stereocenters. The van der Waals surface area contributed by atoms with Crippen LogP contribution in [0.1, 0.15) is 81.7 Å². The van der Waals surface area contributed by atoms with Crippen molar-refractivity contribution in [2.24, 2.45) is 11.3 Å². The molecule has 0 spiro atoms. The first-order valence-corrected chi connectivity index (χ1v) is 15.8. The van der Waals surface area contributed by atoms with E-state index in [0.717, 1.165) is 47.1 Å². The van der Waals surface area contributed by atoms with Gasteiger partial charge in [-0.25, -0.2) is 18.3 Å². The van der Waals surface area contributed by atoms with Crippen molar-refractivity contribution < 1.29 is 27.8 Å². The van der Waals surface area contributed by atoms with E-state index in [1.165, 1.54) is 0 Å². The minimum absolute atomic E-state index is 0.106. The Labute approximate surface area is 255 Å². The summed E-state index contributed by atoms with van der Waals surface area (Å²) in [7, 11) is 0. The second kappa shape index (κ2) is 10.0. The highest BCUT2D eigenvalue weighted by molar-refractivity contribution is 5.99. The van der Waals surface area contributed by atoms with Crippen LogP contribution in [0.25, 0.3) is 22.3 Å². The number of rotatable bonds is 3. The molecule has 236 valence electrons. The van der Waals surface area contributed by atoms with Crippen molar-refractivity contribution in [2.75, 3.05) is 26.2 Å². The first kappa shape index (κ1) is 29.3. The number of benzene rings is 1. The SMILES string of the molecule is C[C@@H]1CN(C(=O)c2ccc3cc(-c4nn(C5CCCCO5)c5c4C[C@@H]4C(F)(F)C4(C)C5)[nH]c3c2)CCN1C(=O)OC(C)(C)C. The zero-order valence-electron chi connectivity index (χ0n) is 26.1. The molecule has 2 amide bonds. The summed E-state index contributed by atoms with van der Waals surface area (Å²) in [5.41, 5.74) is 2.88. The molecule has 0 bridgehead atoms. The molecular formula is C33H41F2N5O4. The third-order valence-electron chi connectivity index (χ3n) is 10.0. The molecule has 2 aliphatic heterocycles. The van der Waals surface area contributed by atoms with E-state index in [1.807, 2.05) is 56.6 Å². The fourth-order valence-electron chi connectivity index (χ4n) is 7.40. The van der Waals surface area contributed by atoms with Crippen LogP contribution in [0.4, 0.5) is 13.6 Å². The van der Waals surface area contributed by atoms with Crippen molar-refractivity contribution in [3.05, 3.63) is 41.1 Å². The standard InChI is InChI=1S/C33H41F2N5O4/c1-19-18-38(11-12-39(19)30(42)44-31(2,3)4)29(41)21-10-9-20-14-24(36-23(20)15-21)28-22-16-26-32(5,33(26,34)35)17-25(22)40(37-28)27-8-6-7-13-43-27/h9-10,14-15,19,26-27,36H,6-8,11-13,16-18H2,1-5H3/t19-,26+,27?,32?/m1/s1. The summed E-state index contributed by atoms with van der Waals surface area (Å²) in [6.45, 7) is 11.0. The van der Waals surface area contributed by atoms with Crippen molar-refractivity contribution in [1.82, 2.24) is 24.6 Å². The van der Waals surface area contributed by atoms with Crippen molar-refractivity contribution in [3.63, 3.8) is 0 Å². The Hall–Kier alpha value is -3.47. The number of piperazine rings is 1. The number of hydrogen-bond donors (Lipinski definition) is 1. The van der Waals surface area contributed by atoms with Crippen molar-refractivity contribution >= 4 is 22.9 Å². The predicted molar refractivity (Wildman–Crippen MR) is 161 cm³/mol. The van der Waals surface area contributed by atoms with E-state index >= 15 is 0 Å². The highest BCUT2D eigenvalue weighted by Gasteiger charge is 2.78. The van der Waals surface area contributed by atoms with E-state index in [9.17, 15) is 18.4 Å². The number of aromatic nitrogens is 3. The monoisotopic (exact) mass is 609 g/mol. The summed E-state index contributed by atoms with van der Waals surface area (Å²) in [6, 6.07) is 7.36. The van der Waals surface area contributed by atoms with Crippen LogP contribution in [0.5, 0.6) is 0 Å². The average Bonchev–Trinajstić information content (AvgIpc) is 3.33. The third-order valence-corrected chi connectivity index (χ3v) is 10.0. The molecule has 9 nitrogen and oxygen atoms in total. The minimum atomic E-state index is -2.69. The van der Waals surface area contributed by atoms with Crippen molar-refractivity contribution in [2.45, 2.75) is 90.5 Å². The lowest BCUT2D eigenvalue weighted by molar-refractivity contribution is -0.0418. The Morgan fingerprint density at radius 3 is 2.66 bits per heavy atom. The quantitative estimate of drug-likeness (QED) is 0.383. The molecule has 1 aromatic carbocycles. The molecule has 2 aromatic heterocycles. The van der Waals surface area contributed by atoms with Crippen LogP contribution in [0.15, 0.2) is 24.3 Å². The number of halogens is 2. The van der Waals surface area contributed by atoms with E-state index in [-0.39, 0.29) is 37.1 Å². The van der Waals surface area contributed by atoms with Crippen LogP contribution in [-0.2, 0) is 22.3 Å². The molecule has 3 aromatic rings. The lowest BCUT2D eigenvalue weighted by Gasteiger charge is -2.40. The van der Waals surface area contributed by atoms with E-state index in [4.69, 9.17) is 14.6 Å². The van der Waals surface area contributed by atoms with E-state index < -0.39 is 22.9 Å². The molecule has 1 saturated carbocycles. The Kier molecular flexibility index (Phi) is 6.66. The lowest BCUT2D eigenvalue weighted by atomic mass is 9.87. The topological polar surface area (TPSA) is 92.7 Å². The number of fused-ring (bicyclic) bond motifs is 3. The Morgan fingerprint density at radius 2 is 1.95 bits per heavy atom. The number of carbonyl (C=O) groups excluding carboxylic acids is 2. The molecule has 4 heterocycles. The second-order valence-corrected chi connectivity index (χ2v) is 14.3. The number of ether oxygens (including phenoxy) is 2. The lowest BCUT2D eigenvalue weighted by Crippen LogP contribution is -2.56. The van der Waals surface area contributed by atoms with E-state index in [2.05, 4.69) is 4.98 Å². The summed E-state index contributed by atoms with van der Waals surface area (Å²) in [5.74, 6) is -3.48. The fraction of sp³-hybridized carbons (Fsp3) is 0.606. The summed E-state index contributed by atoms with van der Waals surface area (Å²) < 4.78 is 43.3. The van der Waals surface area contributed by atoms with Crippen LogP contribution >= 0.6 is 0 Å². The van der Waals surface area contributed by atoms with Crippen LogP contribution < -0.4 is 0 Å². The molecule has 1 N–H and O–H groups in total. The molecule has 3 fully saturated rings. The molecule has 7 rings (SSSR count). The first-order valence-electron chi connectivity index (χ1n) is 15.8. The summed E-state index contributed by atoms with van der Waals surface area (Å²) >= 11 is 0. The number of amides is 2. The summed E-state index contributed by atoms with van der Waals surface area (Å²) in [5, 5.41) is 5.91. The van der Waals surface area contributed by atoms with Gasteiger partial charge in [-0.1, -0.05) is 13.0 Å². The molecule has 2 unspecified atom stereocenters. The van der Waals surface area contributed by atoms with Gasteiger partial charge in [-0.3, -0.25) is 4.79 Å². The third kappa shape index (κ3) is 4.69. The maximum Gasteiger partial charge on any atom is 0.410 e. The van der Waals surface area contributed by atoms with E-state index in [0.29, 0.717) is 37.5 Å². The Morgan fingerprint density at radius 1 is 1.16 bits per heavy atom. The Bertz CT molecular complexity index is 1630. The number of hydrogen-bond acceptors (Lipinski definition) is 5. The number of nitrogens with zero attached hydrogens (tertiary/aromatic N) is 4. The zero-order chi connectivity index (χ0) is 31.2. The van der Waals surface area contributed by atoms with Crippen molar-refractivity contribution in [1.29, 1.82) is 0 Å². The first-order chi connectivity index (χ1) is 20.8. The van der Waals surface area contributed by atoms with E-state index in [1.54, 1.807) is 16.7 Å². The fourth-order valence-corrected chi connectivity index (χ4v) is 7.40. The number of alkyl halides is 2. The largest absolute Gasteiger partial charge is 0.444 e. The molecule has 0 radical (unpaired) electrons. The van der Waals surface area contributed by atoms with Gasteiger partial charge in [0.1, 0.15) is 17.5 Å². The van der Waals surface area contributed by atoms with Crippen LogP contribution in [0, 0.1) is 11.3 Å². The number of aromatic amines is 1. The van der Waals surface area contributed by atoms with Crippen LogP contribution in [-0.4, -0.2) is 80.4 Å². The van der Waals surface area contributed by atoms with Gasteiger partial charge in [0.15, 0.2) is 0 Å². The molecule has 44 heavy (non-hydrogen) atoms. The predicted octanol–water partition coefficient (Wildman–Crippen LogP) is 6.18. The molecule has 11 heteroatoms. The molecule has 2 saturated heterocycles. The van der Waals surface area contributed by atoms with Gasteiger partial charge in [-0.05, 0) is 71.6 Å². The smallest absolute Gasteiger partial charge is 0.410 e. The maximum atomic E-state index is 14.9. The maximum absolute atomic E-state index is 14.9. The van der Waals surface area contributed by atoms with Gasteiger partial charge >= 0.3 is 6.09 Å². The number of nitrogens with one attached hydrogen (secondary N) is 1. The zero-order valence-corrected chi connectivity index (χ0v) is 26.1.